The van der Waals surface area contributed by atoms with E-state index in [1.165, 1.54) is 6.07 Å². The second-order valence-corrected chi connectivity index (χ2v) is 3.96. The number of hydrogen-bond acceptors (Lipinski definition) is 1. The summed E-state index contributed by atoms with van der Waals surface area (Å²) >= 11 is 4.85. The molecule has 0 aliphatic heterocycles. The summed E-state index contributed by atoms with van der Waals surface area (Å²) in [6.07, 6.45) is -2.73. The molecule has 0 N–H and O–H groups in total. The van der Waals surface area contributed by atoms with Gasteiger partial charge >= 0.3 is 0 Å². The van der Waals surface area contributed by atoms with Gasteiger partial charge in [0.15, 0.2) is 0 Å². The normalized spacial score (nSPS) is 10.9. The molecule has 1 aromatic heterocycles. The van der Waals surface area contributed by atoms with Crippen LogP contribution in [0, 0.1) is 9.52 Å². The lowest BCUT2D eigenvalue weighted by Crippen LogP contribution is -2.00. The lowest BCUT2D eigenvalue weighted by molar-refractivity contribution is 0.144. The molecule has 0 saturated heterocycles. The van der Waals surface area contributed by atoms with Gasteiger partial charge in [0.25, 0.3) is 6.43 Å². The highest BCUT2D eigenvalue weighted by molar-refractivity contribution is 14.1. The van der Waals surface area contributed by atoms with E-state index in [0.717, 1.165) is 0 Å². The van der Waals surface area contributed by atoms with Crippen LogP contribution in [0.25, 0.3) is 0 Å². The molecule has 72 valence electrons. The Hall–Kier alpha value is 0.150. The molecule has 0 amide bonds. The molecule has 0 unspecified atom stereocenters. The number of alkyl halides is 3. The molecule has 1 aromatic rings. The maximum absolute atomic E-state index is 13.0. The summed E-state index contributed by atoms with van der Waals surface area (Å²) < 4.78 is 37.7. The van der Waals surface area contributed by atoms with E-state index in [0.29, 0.717) is 9.13 Å². The van der Waals surface area contributed by atoms with Crippen LogP contribution in [0.5, 0.6) is 0 Å². The summed E-state index contributed by atoms with van der Waals surface area (Å²) in [6, 6.07) is 1.19. The quantitative estimate of drug-likeness (QED) is 0.443. The second-order valence-electron chi connectivity index (χ2n) is 2.23. The number of halogens is 5. The topological polar surface area (TPSA) is 12.9 Å². The molecule has 0 radical (unpaired) electrons. The summed E-state index contributed by atoms with van der Waals surface area (Å²) in [7, 11) is 0. The fourth-order valence-electron chi connectivity index (χ4n) is 0.759. The molecule has 0 saturated carbocycles. The highest BCUT2D eigenvalue weighted by atomic mass is 127. The molecule has 0 aromatic carbocycles. The fourth-order valence-corrected chi connectivity index (χ4v) is 2.55. The summed E-state index contributed by atoms with van der Waals surface area (Å²) in [6.45, 7) is 0. The van der Waals surface area contributed by atoms with Crippen molar-refractivity contribution in [3.8, 4) is 0 Å². The van der Waals surface area contributed by atoms with E-state index in [4.69, 9.17) is 0 Å². The minimum Gasteiger partial charge on any atom is -0.218 e. The van der Waals surface area contributed by atoms with Crippen LogP contribution in [0.3, 0.4) is 0 Å². The largest absolute Gasteiger partial charge is 0.280 e. The molecule has 13 heavy (non-hydrogen) atoms. The third kappa shape index (κ3) is 2.55. The van der Waals surface area contributed by atoms with Crippen LogP contribution in [0.1, 0.15) is 17.7 Å². The van der Waals surface area contributed by atoms with Gasteiger partial charge in [-0.25, -0.2) is 13.8 Å². The van der Waals surface area contributed by atoms with Gasteiger partial charge in [0.2, 0.25) is 5.95 Å². The molecule has 1 nitrogen and oxygen atoms in total. The van der Waals surface area contributed by atoms with E-state index >= 15 is 0 Å². The summed E-state index contributed by atoms with van der Waals surface area (Å²) in [5.74, 6) is -0.834. The van der Waals surface area contributed by atoms with Crippen molar-refractivity contribution in [2.24, 2.45) is 0 Å². The van der Waals surface area contributed by atoms with Crippen molar-refractivity contribution in [1.82, 2.24) is 4.98 Å². The Morgan fingerprint density at radius 1 is 1.54 bits per heavy atom. The zero-order valence-electron chi connectivity index (χ0n) is 6.20. The van der Waals surface area contributed by atoms with Crippen LogP contribution in [-0.4, -0.2) is 4.98 Å². The van der Waals surface area contributed by atoms with Gasteiger partial charge in [0.05, 0.1) is 0 Å². The number of nitrogens with zero attached hydrogens (tertiary/aromatic N) is 1. The first-order valence-electron chi connectivity index (χ1n) is 3.25. The monoisotopic (exact) mass is 365 g/mol. The van der Waals surface area contributed by atoms with Crippen LogP contribution in [-0.2, 0) is 5.33 Å². The smallest absolute Gasteiger partial charge is 0.218 e. The van der Waals surface area contributed by atoms with Crippen molar-refractivity contribution in [2.75, 3.05) is 0 Å². The summed E-state index contributed by atoms with van der Waals surface area (Å²) in [4.78, 5) is 3.15. The number of pyridine rings is 1. The minimum absolute atomic E-state index is 0.271. The average Bonchev–Trinajstić information content (AvgIpc) is 2.03. The van der Waals surface area contributed by atoms with Crippen LogP contribution < -0.4 is 0 Å². The van der Waals surface area contributed by atoms with Gasteiger partial charge in [-0.2, -0.15) is 4.39 Å². The molecule has 0 atom stereocenters. The Bertz CT molecular complexity index is 296. The van der Waals surface area contributed by atoms with Gasteiger partial charge in [0, 0.05) is 14.5 Å². The zero-order valence-corrected chi connectivity index (χ0v) is 9.94. The first kappa shape index (κ1) is 11.2. The summed E-state index contributed by atoms with van der Waals surface area (Å²) in [5, 5.41) is 0.271. The summed E-state index contributed by atoms with van der Waals surface area (Å²) in [5.41, 5.74) is -0.211. The maximum atomic E-state index is 13.0. The SMILES string of the molecule is Fc1nc(C(F)F)cc(I)c1CBr. The molecular weight excluding hydrogens is 362 g/mol. The Balaban J connectivity index is 3.20. The standard InChI is InChI=1S/C7H4BrF3IN/c8-2-3-4(12)1-5(6(9)10)13-7(3)11/h1,6H,2H2. The van der Waals surface area contributed by atoms with E-state index in [9.17, 15) is 13.2 Å². The van der Waals surface area contributed by atoms with Gasteiger partial charge < -0.3 is 0 Å². The van der Waals surface area contributed by atoms with E-state index < -0.39 is 18.1 Å². The minimum atomic E-state index is -2.73. The third-order valence-electron chi connectivity index (χ3n) is 1.40. The van der Waals surface area contributed by atoms with E-state index in [2.05, 4.69) is 20.9 Å². The van der Waals surface area contributed by atoms with Gasteiger partial charge in [-0.05, 0) is 28.7 Å². The average molecular weight is 366 g/mol. The van der Waals surface area contributed by atoms with E-state index in [1.807, 2.05) is 0 Å². The predicted molar refractivity (Wildman–Crippen MR) is 54.5 cm³/mol. The van der Waals surface area contributed by atoms with Gasteiger partial charge in [-0.15, -0.1) is 0 Å². The molecule has 1 heterocycles. The molecule has 0 bridgehead atoms. The van der Waals surface area contributed by atoms with Gasteiger partial charge in [-0.3, -0.25) is 0 Å². The number of aromatic nitrogens is 1. The maximum Gasteiger partial charge on any atom is 0.280 e. The molecule has 0 fully saturated rings. The highest BCUT2D eigenvalue weighted by Gasteiger charge is 2.15. The Morgan fingerprint density at radius 2 is 2.15 bits per heavy atom. The van der Waals surface area contributed by atoms with Crippen LogP contribution >= 0.6 is 38.5 Å². The molecule has 6 heteroatoms. The number of rotatable bonds is 2. The van der Waals surface area contributed by atoms with Crippen molar-refractivity contribution in [3.05, 3.63) is 26.8 Å². The van der Waals surface area contributed by atoms with Crippen molar-refractivity contribution in [1.29, 1.82) is 0 Å². The predicted octanol–water partition coefficient (Wildman–Crippen LogP) is 3.66. The van der Waals surface area contributed by atoms with Crippen LogP contribution in [0.4, 0.5) is 13.2 Å². The first-order valence-corrected chi connectivity index (χ1v) is 5.45. The van der Waals surface area contributed by atoms with Crippen LogP contribution in [0.2, 0.25) is 0 Å². The lowest BCUT2D eigenvalue weighted by atomic mass is 10.3. The van der Waals surface area contributed by atoms with Crippen molar-refractivity contribution >= 4 is 38.5 Å². The van der Waals surface area contributed by atoms with E-state index in [-0.39, 0.29) is 5.33 Å². The van der Waals surface area contributed by atoms with Gasteiger partial charge in [0.1, 0.15) is 5.69 Å². The fraction of sp³-hybridized carbons (Fsp3) is 0.286. The van der Waals surface area contributed by atoms with Crippen molar-refractivity contribution in [3.63, 3.8) is 0 Å². The van der Waals surface area contributed by atoms with Crippen LogP contribution in [0.15, 0.2) is 6.07 Å². The Labute approximate surface area is 95.0 Å². The lowest BCUT2D eigenvalue weighted by Gasteiger charge is -2.04. The molecule has 0 spiro atoms. The first-order chi connectivity index (χ1) is 6.06. The molecule has 0 aliphatic carbocycles. The molecule has 0 aliphatic rings. The molecule has 1 rings (SSSR count). The highest BCUT2D eigenvalue weighted by Crippen LogP contribution is 2.23. The third-order valence-corrected chi connectivity index (χ3v) is 2.92. The van der Waals surface area contributed by atoms with Gasteiger partial charge in [-0.1, -0.05) is 15.9 Å². The second kappa shape index (κ2) is 4.59. The Morgan fingerprint density at radius 3 is 2.54 bits per heavy atom. The number of hydrogen-bond donors (Lipinski definition) is 0. The van der Waals surface area contributed by atoms with E-state index in [1.54, 1.807) is 22.6 Å². The van der Waals surface area contributed by atoms with Crippen molar-refractivity contribution < 1.29 is 13.2 Å². The zero-order chi connectivity index (χ0) is 10.0. The van der Waals surface area contributed by atoms with Crippen molar-refractivity contribution in [2.45, 2.75) is 11.8 Å². The Kier molecular flexibility index (Phi) is 3.96. The molecular formula is C7H4BrF3IN.